The molecule has 0 saturated heterocycles. The van der Waals surface area contributed by atoms with E-state index >= 15 is 4.39 Å². The van der Waals surface area contributed by atoms with Crippen LogP contribution in [0.25, 0.3) is 0 Å². The number of carbonyl (C=O) groups excluding carboxylic acids is 1. The number of halogens is 1. The van der Waals surface area contributed by atoms with Crippen LogP contribution >= 0.6 is 0 Å². The van der Waals surface area contributed by atoms with E-state index in [-0.39, 0.29) is 36.2 Å². The van der Waals surface area contributed by atoms with E-state index in [9.17, 15) is 14.7 Å². The zero-order valence-electron chi connectivity index (χ0n) is 22.6. The lowest BCUT2D eigenvalue weighted by atomic mass is 9.94. The summed E-state index contributed by atoms with van der Waals surface area (Å²) in [4.78, 5) is 26.4. The Balaban J connectivity index is 2.48. The Morgan fingerprint density at radius 2 is 1.65 bits per heavy atom. The predicted octanol–water partition coefficient (Wildman–Crippen LogP) is 6.19. The van der Waals surface area contributed by atoms with Crippen molar-refractivity contribution in [2.45, 2.75) is 47.0 Å². The minimum absolute atomic E-state index is 0.102. The molecule has 0 radical (unpaired) electrons. The van der Waals surface area contributed by atoms with Gasteiger partial charge < -0.3 is 30.1 Å². The molecule has 0 aliphatic heterocycles. The van der Waals surface area contributed by atoms with E-state index in [4.69, 9.17) is 9.47 Å². The van der Waals surface area contributed by atoms with Gasteiger partial charge in [0.05, 0.1) is 31.0 Å². The largest absolute Gasteiger partial charge is 0.494 e. The Labute approximate surface area is 219 Å². The molecule has 0 spiro atoms. The van der Waals surface area contributed by atoms with Crippen LogP contribution in [0.5, 0.6) is 5.75 Å². The number of amides is 2. The second-order valence-electron chi connectivity index (χ2n) is 9.88. The van der Waals surface area contributed by atoms with Gasteiger partial charge in [0, 0.05) is 31.8 Å². The highest BCUT2D eigenvalue weighted by atomic mass is 19.1. The van der Waals surface area contributed by atoms with Gasteiger partial charge in [0.25, 0.3) is 0 Å². The van der Waals surface area contributed by atoms with Crippen molar-refractivity contribution in [3.05, 3.63) is 47.8 Å². The summed E-state index contributed by atoms with van der Waals surface area (Å²) in [6.07, 6.45) is -0.230. The first-order valence-electron chi connectivity index (χ1n) is 12.6. The number of ether oxygens (including phenoxy) is 2. The number of rotatable bonds is 14. The van der Waals surface area contributed by atoms with E-state index < -0.39 is 23.7 Å². The molecule has 0 bridgehead atoms. The third kappa shape index (κ3) is 9.57. The number of carboxylic acids is 1. The highest BCUT2D eigenvalue weighted by molar-refractivity contribution is 6.02. The van der Waals surface area contributed by atoms with Crippen molar-refractivity contribution in [3.63, 3.8) is 0 Å². The van der Waals surface area contributed by atoms with Crippen molar-refractivity contribution in [1.29, 1.82) is 0 Å². The predicted molar refractivity (Wildman–Crippen MR) is 145 cm³/mol. The molecule has 9 heteroatoms. The lowest BCUT2D eigenvalue weighted by molar-refractivity contribution is -0.137. The van der Waals surface area contributed by atoms with Crippen molar-refractivity contribution >= 4 is 29.1 Å². The van der Waals surface area contributed by atoms with Gasteiger partial charge >= 0.3 is 12.0 Å². The standard InChI is InChI=1S/C28H40FN3O5/c1-7-37-23-10-8-22(9-11-23)30-28(35)31-25-13-20(21(17-36-6)14-26(33)34)12-24(29)27(25)32(15-18(2)3)16-19(4)5/h8-13,18-19,21H,7,14-17H2,1-6H3,(H,33,34)(H2,30,31,35). The van der Waals surface area contributed by atoms with Gasteiger partial charge in [-0.1, -0.05) is 27.7 Å². The van der Waals surface area contributed by atoms with Crippen molar-refractivity contribution in [3.8, 4) is 5.75 Å². The van der Waals surface area contributed by atoms with E-state index in [0.717, 1.165) is 0 Å². The molecule has 2 rings (SSSR count). The lowest BCUT2D eigenvalue weighted by Crippen LogP contribution is -2.33. The molecule has 2 aromatic carbocycles. The van der Waals surface area contributed by atoms with Crippen LogP contribution in [0.2, 0.25) is 0 Å². The van der Waals surface area contributed by atoms with E-state index in [0.29, 0.717) is 36.7 Å². The first kappa shape index (κ1) is 29.9. The number of nitrogens with zero attached hydrogens (tertiary/aromatic N) is 1. The average Bonchev–Trinajstić information content (AvgIpc) is 2.78. The molecule has 2 amide bonds. The summed E-state index contributed by atoms with van der Waals surface area (Å²) in [6, 6.07) is 9.39. The van der Waals surface area contributed by atoms with Crippen molar-refractivity contribution in [2.75, 3.05) is 48.9 Å². The summed E-state index contributed by atoms with van der Waals surface area (Å²) in [7, 11) is 1.47. The second kappa shape index (κ2) is 14.4. The van der Waals surface area contributed by atoms with Gasteiger partial charge in [-0.05, 0) is 60.7 Å². The van der Waals surface area contributed by atoms with Crippen molar-refractivity contribution in [2.24, 2.45) is 11.8 Å². The third-order valence-electron chi connectivity index (χ3n) is 5.50. The second-order valence-corrected chi connectivity index (χ2v) is 9.88. The number of carboxylic acid groups (broad SMARTS) is 1. The summed E-state index contributed by atoms with van der Waals surface area (Å²) in [5.74, 6) is -0.944. The number of anilines is 3. The maximum atomic E-state index is 15.8. The summed E-state index contributed by atoms with van der Waals surface area (Å²) < 4.78 is 26.4. The maximum Gasteiger partial charge on any atom is 0.323 e. The smallest absolute Gasteiger partial charge is 0.323 e. The number of urea groups is 1. The van der Waals surface area contributed by atoms with Crippen LogP contribution in [0.3, 0.4) is 0 Å². The number of hydrogen-bond donors (Lipinski definition) is 3. The molecular formula is C28H40FN3O5. The molecule has 1 unspecified atom stereocenters. The molecule has 0 fully saturated rings. The van der Waals surface area contributed by atoms with Gasteiger partial charge in [0.1, 0.15) is 11.6 Å². The van der Waals surface area contributed by atoms with Crippen LogP contribution in [0.15, 0.2) is 36.4 Å². The molecule has 204 valence electrons. The molecule has 0 aliphatic rings. The minimum atomic E-state index is -1.02. The van der Waals surface area contributed by atoms with Crippen LogP contribution < -0.4 is 20.3 Å². The normalized spacial score (nSPS) is 11.9. The zero-order valence-corrected chi connectivity index (χ0v) is 22.6. The number of methoxy groups -OCH3 is 1. The Bertz CT molecular complexity index is 1020. The number of aliphatic carboxylic acids is 1. The fourth-order valence-electron chi connectivity index (χ4n) is 4.18. The van der Waals surface area contributed by atoms with Crippen LogP contribution in [0, 0.1) is 17.7 Å². The van der Waals surface area contributed by atoms with Gasteiger partial charge in [-0.15, -0.1) is 0 Å². The number of benzene rings is 2. The first-order chi connectivity index (χ1) is 17.5. The SMILES string of the molecule is CCOc1ccc(NC(=O)Nc2cc(C(COC)CC(=O)O)cc(F)c2N(CC(C)C)CC(C)C)cc1. The summed E-state index contributed by atoms with van der Waals surface area (Å²) in [6.45, 7) is 11.9. The molecule has 0 aliphatic carbocycles. The topological polar surface area (TPSA) is 100 Å². The summed E-state index contributed by atoms with van der Waals surface area (Å²) >= 11 is 0. The Hall–Kier alpha value is -3.33. The maximum absolute atomic E-state index is 15.8. The lowest BCUT2D eigenvalue weighted by Gasteiger charge is -2.31. The van der Waals surface area contributed by atoms with E-state index in [1.165, 1.54) is 13.2 Å². The van der Waals surface area contributed by atoms with Crippen LogP contribution in [0.4, 0.5) is 26.2 Å². The van der Waals surface area contributed by atoms with E-state index in [1.54, 1.807) is 30.3 Å². The average molecular weight is 518 g/mol. The molecule has 0 aromatic heterocycles. The highest BCUT2D eigenvalue weighted by Gasteiger charge is 2.24. The monoisotopic (exact) mass is 517 g/mol. The number of nitrogens with one attached hydrogen (secondary N) is 2. The van der Waals surface area contributed by atoms with Crippen LogP contribution in [0.1, 0.15) is 52.5 Å². The fourth-order valence-corrected chi connectivity index (χ4v) is 4.18. The van der Waals surface area contributed by atoms with Gasteiger partial charge in [-0.2, -0.15) is 0 Å². The fraction of sp³-hybridized carbons (Fsp3) is 0.500. The molecule has 1 atom stereocenters. The number of hydrogen-bond acceptors (Lipinski definition) is 5. The molecule has 3 N–H and O–H groups in total. The Kier molecular flexibility index (Phi) is 11.7. The van der Waals surface area contributed by atoms with E-state index in [2.05, 4.69) is 10.6 Å². The highest BCUT2D eigenvalue weighted by Crippen LogP contribution is 2.35. The molecule has 0 heterocycles. The van der Waals surface area contributed by atoms with Gasteiger partial charge in [-0.3, -0.25) is 4.79 Å². The number of carbonyl (C=O) groups is 2. The Morgan fingerprint density at radius 3 is 2.16 bits per heavy atom. The molecular weight excluding hydrogens is 477 g/mol. The zero-order chi connectivity index (χ0) is 27.5. The molecule has 0 saturated carbocycles. The van der Waals surface area contributed by atoms with Crippen LogP contribution in [-0.2, 0) is 9.53 Å². The van der Waals surface area contributed by atoms with Gasteiger partial charge in [0.15, 0.2) is 0 Å². The molecule has 37 heavy (non-hydrogen) atoms. The third-order valence-corrected chi connectivity index (χ3v) is 5.50. The van der Waals surface area contributed by atoms with Crippen LogP contribution in [-0.4, -0.2) is 50.5 Å². The van der Waals surface area contributed by atoms with Gasteiger partial charge in [-0.25, -0.2) is 9.18 Å². The quantitative estimate of drug-likeness (QED) is 0.276. The van der Waals surface area contributed by atoms with Crippen molar-refractivity contribution < 1.29 is 28.6 Å². The summed E-state index contributed by atoms with van der Waals surface area (Å²) in [5, 5.41) is 14.9. The van der Waals surface area contributed by atoms with Crippen molar-refractivity contribution in [1.82, 2.24) is 0 Å². The first-order valence-corrected chi connectivity index (χ1v) is 12.6. The van der Waals surface area contributed by atoms with Gasteiger partial charge in [0.2, 0.25) is 0 Å². The minimum Gasteiger partial charge on any atom is -0.494 e. The molecule has 8 nitrogen and oxygen atoms in total. The molecule has 2 aromatic rings. The van der Waals surface area contributed by atoms with E-state index in [1.807, 2.05) is 39.5 Å². The summed E-state index contributed by atoms with van der Waals surface area (Å²) in [5.41, 5.74) is 1.53. The Morgan fingerprint density at radius 1 is 1.03 bits per heavy atom.